The maximum Gasteiger partial charge on any atom is 0.247 e. The first-order valence-corrected chi connectivity index (χ1v) is 13.0. The zero-order valence-corrected chi connectivity index (χ0v) is 22.1. The lowest BCUT2D eigenvalue weighted by Gasteiger charge is -2.54. The Morgan fingerprint density at radius 2 is 1.23 bits per heavy atom. The summed E-state index contributed by atoms with van der Waals surface area (Å²) in [5, 5.41) is 2.81. The van der Waals surface area contributed by atoms with Crippen LogP contribution in [0.2, 0.25) is 0 Å². The maximum atomic E-state index is 13.9. The van der Waals surface area contributed by atoms with Crippen molar-refractivity contribution in [3.05, 3.63) is 98.6 Å². The number of hydrogen-bond acceptors (Lipinski definition) is 3. The van der Waals surface area contributed by atoms with Crippen molar-refractivity contribution in [1.82, 2.24) is 4.90 Å². The van der Waals surface area contributed by atoms with E-state index in [1.54, 1.807) is 19.1 Å². The molecule has 0 unspecified atom stereocenters. The van der Waals surface area contributed by atoms with E-state index in [0.717, 1.165) is 30.7 Å². The van der Waals surface area contributed by atoms with Crippen LogP contribution in [0, 0.1) is 15.4 Å². The van der Waals surface area contributed by atoms with E-state index in [1.165, 1.54) is 0 Å². The van der Waals surface area contributed by atoms with Gasteiger partial charge in [-0.2, -0.15) is 0 Å². The number of anilines is 1. The molecule has 3 atom stereocenters. The lowest BCUT2D eigenvalue weighted by Crippen LogP contribution is -2.57. The predicted molar refractivity (Wildman–Crippen MR) is 142 cm³/mol. The monoisotopic (exact) mass is 616 g/mol. The number of amides is 3. The van der Waals surface area contributed by atoms with E-state index in [-0.39, 0.29) is 0 Å². The molecule has 1 N–H and O–H groups in total. The summed E-state index contributed by atoms with van der Waals surface area (Å²) in [6, 6.07) is 21.2. The summed E-state index contributed by atoms with van der Waals surface area (Å²) in [6.07, 6.45) is 0. The Morgan fingerprint density at radius 3 is 1.63 bits per heavy atom. The predicted octanol–water partition coefficient (Wildman–Crippen LogP) is 5.21. The van der Waals surface area contributed by atoms with Crippen LogP contribution in [0.5, 0.6) is 0 Å². The second kappa shape index (κ2) is 7.79. The summed E-state index contributed by atoms with van der Waals surface area (Å²) in [7, 11) is 0. The molecule has 3 aliphatic carbocycles. The van der Waals surface area contributed by atoms with Gasteiger partial charge in [-0.05, 0) is 76.0 Å². The van der Waals surface area contributed by atoms with Gasteiger partial charge < -0.3 is 5.32 Å². The SMILES string of the molecule is C[C@H](C(=O)Nc1ccc(I)cc1)N1C(=O)[C@H]2[C@H](C1=O)C1(Cl)c3ccccc3C2(Cl)c2ccccc21. The first kappa shape index (κ1) is 23.0. The zero-order chi connectivity index (χ0) is 24.7. The fraction of sp³-hybridized carbons (Fsp3) is 0.222. The number of benzene rings is 3. The molecule has 3 amide bonds. The summed E-state index contributed by atoms with van der Waals surface area (Å²) >= 11 is 17.0. The molecule has 1 fully saturated rings. The van der Waals surface area contributed by atoms with E-state index in [4.69, 9.17) is 23.2 Å². The van der Waals surface area contributed by atoms with Gasteiger partial charge in [0.2, 0.25) is 17.7 Å². The minimum atomic E-state index is -1.26. The molecule has 5 nitrogen and oxygen atoms in total. The molecule has 1 saturated heterocycles. The third-order valence-corrected chi connectivity index (χ3v) is 9.50. The number of nitrogens with zero attached hydrogens (tertiary/aromatic N) is 1. The molecule has 176 valence electrons. The Labute approximate surface area is 225 Å². The number of alkyl halides is 2. The number of likely N-dealkylation sites (tertiary alicyclic amines) is 1. The van der Waals surface area contributed by atoms with Crippen molar-refractivity contribution in [1.29, 1.82) is 0 Å². The van der Waals surface area contributed by atoms with Crippen LogP contribution < -0.4 is 5.32 Å². The third kappa shape index (κ3) is 2.90. The van der Waals surface area contributed by atoms with Gasteiger partial charge in [-0.15, -0.1) is 23.2 Å². The second-order valence-electron chi connectivity index (χ2n) is 9.19. The summed E-state index contributed by atoms with van der Waals surface area (Å²) in [5.41, 5.74) is 3.51. The highest BCUT2D eigenvalue weighted by Gasteiger charge is 2.73. The number of halogens is 3. The van der Waals surface area contributed by atoms with Crippen molar-refractivity contribution < 1.29 is 14.4 Å². The number of carbonyl (C=O) groups excluding carboxylic acids is 3. The lowest BCUT2D eigenvalue weighted by molar-refractivity contribution is -0.146. The highest BCUT2D eigenvalue weighted by atomic mass is 127. The summed E-state index contributed by atoms with van der Waals surface area (Å²) < 4.78 is 1.03. The Balaban J connectivity index is 1.45. The van der Waals surface area contributed by atoms with Gasteiger partial charge >= 0.3 is 0 Å². The normalized spacial score (nSPS) is 28.9. The van der Waals surface area contributed by atoms with Gasteiger partial charge in [0.05, 0.1) is 11.8 Å². The molecule has 1 aliphatic heterocycles. The molecule has 4 aliphatic rings. The van der Waals surface area contributed by atoms with Crippen molar-refractivity contribution in [2.45, 2.75) is 22.7 Å². The highest BCUT2D eigenvalue weighted by Crippen LogP contribution is 2.69. The van der Waals surface area contributed by atoms with Crippen molar-refractivity contribution in [2.24, 2.45) is 11.8 Å². The second-order valence-corrected chi connectivity index (χ2v) is 11.6. The molecule has 2 bridgehead atoms. The molecule has 3 aromatic carbocycles. The largest absolute Gasteiger partial charge is 0.324 e. The minimum Gasteiger partial charge on any atom is -0.324 e. The van der Waals surface area contributed by atoms with Crippen LogP contribution in [0.3, 0.4) is 0 Å². The topological polar surface area (TPSA) is 66.5 Å². The van der Waals surface area contributed by atoms with Gasteiger partial charge in [-0.3, -0.25) is 19.3 Å². The van der Waals surface area contributed by atoms with E-state index in [9.17, 15) is 14.4 Å². The Kier molecular flexibility index (Phi) is 5.12. The molecule has 0 spiro atoms. The number of carbonyl (C=O) groups is 3. The van der Waals surface area contributed by atoms with E-state index in [1.807, 2.05) is 60.7 Å². The Bertz CT molecular complexity index is 1300. The van der Waals surface area contributed by atoms with Gasteiger partial charge in [-0.25, -0.2) is 0 Å². The number of rotatable bonds is 3. The molecule has 0 aromatic heterocycles. The number of nitrogens with one attached hydrogen (secondary N) is 1. The van der Waals surface area contributed by atoms with E-state index < -0.39 is 45.3 Å². The molecule has 3 aromatic rings. The lowest BCUT2D eigenvalue weighted by atomic mass is 9.54. The van der Waals surface area contributed by atoms with Gasteiger partial charge in [0.1, 0.15) is 15.8 Å². The van der Waals surface area contributed by atoms with Gasteiger partial charge in [0, 0.05) is 9.26 Å². The van der Waals surface area contributed by atoms with E-state index in [2.05, 4.69) is 27.9 Å². The van der Waals surface area contributed by atoms with Crippen LogP contribution in [0.15, 0.2) is 72.8 Å². The first-order chi connectivity index (χ1) is 16.7. The van der Waals surface area contributed by atoms with Gasteiger partial charge in [-0.1, -0.05) is 48.5 Å². The fourth-order valence-electron chi connectivity index (χ4n) is 5.97. The number of hydrogen-bond donors (Lipinski definition) is 1. The molecular formula is C27H19Cl2IN2O3. The summed E-state index contributed by atoms with van der Waals surface area (Å²) in [6.45, 7) is 1.55. The zero-order valence-electron chi connectivity index (χ0n) is 18.5. The highest BCUT2D eigenvalue weighted by molar-refractivity contribution is 14.1. The average molecular weight is 617 g/mol. The van der Waals surface area contributed by atoms with Gasteiger partial charge in [0.25, 0.3) is 0 Å². The molecule has 7 rings (SSSR count). The van der Waals surface area contributed by atoms with Crippen molar-refractivity contribution in [2.75, 3.05) is 5.32 Å². The third-order valence-electron chi connectivity index (χ3n) is 7.50. The van der Waals surface area contributed by atoms with Crippen LogP contribution in [0.4, 0.5) is 5.69 Å². The van der Waals surface area contributed by atoms with Crippen LogP contribution in [0.25, 0.3) is 0 Å². The van der Waals surface area contributed by atoms with Crippen molar-refractivity contribution in [3.63, 3.8) is 0 Å². The van der Waals surface area contributed by atoms with E-state index >= 15 is 0 Å². The van der Waals surface area contributed by atoms with Crippen LogP contribution in [-0.4, -0.2) is 28.7 Å². The number of imide groups is 1. The summed E-state index contributed by atoms with van der Waals surface area (Å²) in [4.78, 5) is 39.5. The van der Waals surface area contributed by atoms with Crippen LogP contribution >= 0.6 is 45.8 Å². The smallest absolute Gasteiger partial charge is 0.247 e. The maximum absolute atomic E-state index is 13.9. The Morgan fingerprint density at radius 1 is 0.829 bits per heavy atom. The average Bonchev–Trinajstić information content (AvgIpc) is 3.14. The quantitative estimate of drug-likeness (QED) is 0.250. The molecule has 8 heteroatoms. The molecule has 35 heavy (non-hydrogen) atoms. The van der Waals surface area contributed by atoms with Crippen LogP contribution in [-0.2, 0) is 24.1 Å². The fourth-order valence-corrected chi connectivity index (χ4v) is 7.42. The molecule has 1 heterocycles. The van der Waals surface area contributed by atoms with Gasteiger partial charge in [0.15, 0.2) is 0 Å². The molecule has 0 saturated carbocycles. The van der Waals surface area contributed by atoms with E-state index in [0.29, 0.717) is 5.69 Å². The Hall–Kier alpha value is -2.42. The van der Waals surface area contributed by atoms with Crippen molar-refractivity contribution in [3.8, 4) is 0 Å². The first-order valence-electron chi connectivity index (χ1n) is 11.2. The van der Waals surface area contributed by atoms with Crippen LogP contribution in [0.1, 0.15) is 29.2 Å². The van der Waals surface area contributed by atoms with Crippen molar-refractivity contribution >= 4 is 69.2 Å². The standard InChI is InChI=1S/C27H19Cl2IN2O3/c1-14(23(33)31-16-12-10-15(30)11-13-16)32-24(34)21-22(25(32)35)27(29)18-7-3-2-6-17(18)26(21,28)19-8-4-5-9-20(19)27/h2-14,21-22H,1H3,(H,31,33)/t14-,21-,22-,26?,27?/m1/s1. The molecule has 0 radical (unpaired) electrons. The molecular weight excluding hydrogens is 598 g/mol. The summed E-state index contributed by atoms with van der Waals surface area (Å²) in [5.74, 6) is -3.26. The minimum absolute atomic E-state index is 0.457.